The van der Waals surface area contributed by atoms with Crippen LogP contribution in [0.2, 0.25) is 0 Å². The van der Waals surface area contributed by atoms with Crippen molar-refractivity contribution >= 4 is 5.97 Å². The second kappa shape index (κ2) is 5.88. The lowest BCUT2D eigenvalue weighted by Gasteiger charge is -2.24. The van der Waals surface area contributed by atoms with E-state index in [9.17, 15) is 18.0 Å². The van der Waals surface area contributed by atoms with E-state index < -0.39 is 18.6 Å². The molecule has 0 aromatic carbocycles. The number of ether oxygens (including phenoxy) is 1. The molecule has 18 heavy (non-hydrogen) atoms. The fourth-order valence-corrected chi connectivity index (χ4v) is 2.30. The lowest BCUT2D eigenvalue weighted by atomic mass is 9.99. The highest BCUT2D eigenvalue weighted by Crippen LogP contribution is 2.30. The van der Waals surface area contributed by atoms with Gasteiger partial charge in [-0.25, -0.2) is 0 Å². The highest BCUT2D eigenvalue weighted by molar-refractivity contribution is 5.73. The second-order valence-electron chi connectivity index (χ2n) is 4.80. The predicted molar refractivity (Wildman–Crippen MR) is 59.7 cm³/mol. The van der Waals surface area contributed by atoms with E-state index in [0.29, 0.717) is 13.1 Å². The average Bonchev–Trinajstić information content (AvgIpc) is 2.64. The Morgan fingerprint density at radius 2 is 2.11 bits per heavy atom. The van der Waals surface area contributed by atoms with Crippen molar-refractivity contribution in [3.8, 4) is 0 Å². The average molecular weight is 268 g/mol. The lowest BCUT2D eigenvalue weighted by molar-refractivity contribution is -0.175. The molecule has 0 amide bonds. The number of likely N-dealkylation sites (tertiary alicyclic amines) is 1. The van der Waals surface area contributed by atoms with E-state index in [1.54, 1.807) is 4.90 Å². The smallest absolute Gasteiger partial charge is 0.394 e. The van der Waals surface area contributed by atoms with Gasteiger partial charge in [0.2, 0.25) is 0 Å². The van der Waals surface area contributed by atoms with Gasteiger partial charge in [-0.2, -0.15) is 13.2 Å². The number of hydrogen-bond donors (Lipinski definition) is 1. The van der Waals surface area contributed by atoms with E-state index in [-0.39, 0.29) is 24.3 Å². The van der Waals surface area contributed by atoms with Crippen molar-refractivity contribution in [3.63, 3.8) is 0 Å². The zero-order valence-corrected chi connectivity index (χ0v) is 10.5. The van der Waals surface area contributed by atoms with Crippen molar-refractivity contribution in [2.24, 2.45) is 23.5 Å². The normalized spacial score (nSPS) is 27.2. The first-order chi connectivity index (χ1) is 8.29. The molecule has 1 rings (SSSR count). The summed E-state index contributed by atoms with van der Waals surface area (Å²) in [6.45, 7) is 2.02. The Morgan fingerprint density at radius 3 is 2.56 bits per heavy atom. The maximum Gasteiger partial charge on any atom is 0.394 e. The third-order valence-corrected chi connectivity index (χ3v) is 3.42. The first kappa shape index (κ1) is 15.2. The van der Waals surface area contributed by atoms with Crippen LogP contribution in [-0.4, -0.2) is 50.3 Å². The molecular weight excluding hydrogens is 249 g/mol. The number of esters is 1. The maximum absolute atomic E-state index is 12.6. The van der Waals surface area contributed by atoms with Crippen LogP contribution in [0, 0.1) is 17.8 Å². The third-order valence-electron chi connectivity index (χ3n) is 3.42. The highest BCUT2D eigenvalue weighted by Gasteiger charge is 2.42. The number of halogens is 3. The fourth-order valence-electron chi connectivity index (χ4n) is 2.30. The van der Waals surface area contributed by atoms with E-state index in [0.717, 1.165) is 0 Å². The highest BCUT2D eigenvalue weighted by atomic mass is 19.4. The van der Waals surface area contributed by atoms with Crippen molar-refractivity contribution in [3.05, 3.63) is 0 Å². The summed E-state index contributed by atoms with van der Waals surface area (Å²) >= 11 is 0. The molecule has 0 spiro atoms. The molecule has 4 nitrogen and oxygen atoms in total. The Morgan fingerprint density at radius 1 is 1.50 bits per heavy atom. The molecule has 1 heterocycles. The van der Waals surface area contributed by atoms with Gasteiger partial charge in [-0.3, -0.25) is 4.79 Å². The summed E-state index contributed by atoms with van der Waals surface area (Å²) in [4.78, 5) is 13.1. The molecule has 1 aliphatic rings. The van der Waals surface area contributed by atoms with Gasteiger partial charge in [-0.05, 0) is 5.92 Å². The summed E-state index contributed by atoms with van der Waals surface area (Å²) in [5.74, 6) is -2.24. The van der Waals surface area contributed by atoms with Crippen LogP contribution in [0.5, 0.6) is 0 Å². The van der Waals surface area contributed by atoms with Gasteiger partial charge < -0.3 is 15.4 Å². The van der Waals surface area contributed by atoms with Crippen molar-refractivity contribution in [1.29, 1.82) is 0 Å². The number of rotatable bonds is 4. The van der Waals surface area contributed by atoms with Gasteiger partial charge in [0.15, 0.2) is 0 Å². The molecule has 3 unspecified atom stereocenters. The lowest BCUT2D eigenvalue weighted by Crippen LogP contribution is -2.40. The number of alkyl halides is 3. The zero-order valence-electron chi connectivity index (χ0n) is 10.5. The number of carbonyl (C=O) groups excluding carboxylic acids is 1. The molecule has 1 aliphatic heterocycles. The molecule has 0 aliphatic carbocycles. The fraction of sp³-hybridized carbons (Fsp3) is 0.909. The molecule has 0 aromatic heterocycles. The third kappa shape index (κ3) is 3.58. The molecule has 2 N–H and O–H groups in total. The number of methoxy groups -OCH3 is 1. The van der Waals surface area contributed by atoms with Crippen molar-refractivity contribution < 1.29 is 22.7 Å². The van der Waals surface area contributed by atoms with Crippen LogP contribution in [0.15, 0.2) is 0 Å². The predicted octanol–water partition coefficient (Wildman–Crippen LogP) is 0.864. The number of nitrogens with two attached hydrogens (primary N) is 1. The van der Waals surface area contributed by atoms with E-state index in [4.69, 9.17) is 5.73 Å². The van der Waals surface area contributed by atoms with Crippen LogP contribution in [0.3, 0.4) is 0 Å². The first-order valence-corrected chi connectivity index (χ1v) is 5.86. The molecule has 106 valence electrons. The molecule has 0 saturated carbocycles. The van der Waals surface area contributed by atoms with E-state index in [1.165, 1.54) is 7.11 Å². The van der Waals surface area contributed by atoms with Crippen molar-refractivity contribution in [1.82, 2.24) is 4.90 Å². The van der Waals surface area contributed by atoms with Gasteiger partial charge >= 0.3 is 12.1 Å². The van der Waals surface area contributed by atoms with Gasteiger partial charge in [0, 0.05) is 26.2 Å². The summed E-state index contributed by atoms with van der Waals surface area (Å²) in [6, 6.07) is 0. The van der Waals surface area contributed by atoms with Crippen molar-refractivity contribution in [2.75, 3.05) is 33.3 Å². The first-order valence-electron chi connectivity index (χ1n) is 5.86. The van der Waals surface area contributed by atoms with Gasteiger partial charge in [0.25, 0.3) is 0 Å². The van der Waals surface area contributed by atoms with Crippen LogP contribution in [-0.2, 0) is 9.53 Å². The van der Waals surface area contributed by atoms with Gasteiger partial charge in [0.05, 0.1) is 18.9 Å². The Labute approximate surface area is 104 Å². The second-order valence-corrected chi connectivity index (χ2v) is 4.80. The van der Waals surface area contributed by atoms with Crippen molar-refractivity contribution in [2.45, 2.75) is 13.1 Å². The summed E-state index contributed by atoms with van der Waals surface area (Å²) in [5.41, 5.74) is 5.15. The number of hydrogen-bond acceptors (Lipinski definition) is 4. The quantitative estimate of drug-likeness (QED) is 0.769. The maximum atomic E-state index is 12.6. The van der Waals surface area contributed by atoms with Crippen LogP contribution < -0.4 is 5.73 Å². The summed E-state index contributed by atoms with van der Waals surface area (Å²) in [7, 11) is 1.29. The topological polar surface area (TPSA) is 55.6 Å². The minimum Gasteiger partial charge on any atom is -0.469 e. The minimum atomic E-state index is -4.29. The monoisotopic (exact) mass is 268 g/mol. The standard InChI is InChI=1S/C11H19F3N2O2/c1-7-4-16(6-9(7)10(17)18-2)5-8(3-15)11(12,13)14/h7-9H,3-6,15H2,1-2H3. The van der Waals surface area contributed by atoms with Crippen LogP contribution in [0.1, 0.15) is 6.92 Å². The molecule has 0 bridgehead atoms. The summed E-state index contributed by atoms with van der Waals surface area (Å²) in [6.07, 6.45) is -4.29. The Hall–Kier alpha value is -0.820. The van der Waals surface area contributed by atoms with Gasteiger partial charge in [-0.15, -0.1) is 0 Å². The Kier molecular flexibility index (Phi) is 4.98. The molecule has 0 radical (unpaired) electrons. The Bertz CT molecular complexity index is 297. The Balaban J connectivity index is 2.58. The van der Waals surface area contributed by atoms with Crippen LogP contribution in [0.4, 0.5) is 13.2 Å². The molecule has 7 heteroatoms. The van der Waals surface area contributed by atoms with E-state index in [1.807, 2.05) is 6.92 Å². The summed E-state index contributed by atoms with van der Waals surface area (Å²) in [5, 5.41) is 0. The van der Waals surface area contributed by atoms with E-state index in [2.05, 4.69) is 4.74 Å². The largest absolute Gasteiger partial charge is 0.469 e. The molecule has 1 saturated heterocycles. The van der Waals surface area contributed by atoms with Gasteiger partial charge in [-0.1, -0.05) is 6.92 Å². The number of nitrogens with zero attached hydrogens (tertiary/aromatic N) is 1. The van der Waals surface area contributed by atoms with Gasteiger partial charge in [0.1, 0.15) is 0 Å². The van der Waals surface area contributed by atoms with Crippen LogP contribution >= 0.6 is 0 Å². The molecule has 0 aromatic rings. The molecule has 1 fully saturated rings. The zero-order chi connectivity index (χ0) is 13.9. The molecule has 3 atom stereocenters. The SMILES string of the molecule is COC(=O)C1CN(CC(CN)C(F)(F)F)CC1C. The minimum absolute atomic E-state index is 0.00380. The molecular formula is C11H19F3N2O2. The van der Waals surface area contributed by atoms with E-state index >= 15 is 0 Å². The number of carbonyl (C=O) groups is 1. The van der Waals surface area contributed by atoms with Crippen LogP contribution in [0.25, 0.3) is 0 Å². The summed E-state index contributed by atoms with van der Waals surface area (Å²) < 4.78 is 42.4.